The fourth-order valence-corrected chi connectivity index (χ4v) is 5.61. The number of ether oxygens (including phenoxy) is 4. The maximum atomic E-state index is 13.1. The average molecular weight is 555 g/mol. The molecule has 0 fully saturated rings. The number of benzene rings is 3. The third-order valence-corrected chi connectivity index (χ3v) is 7.72. The van der Waals surface area contributed by atoms with Crippen LogP contribution >= 0.6 is 11.3 Å². The Morgan fingerprint density at radius 3 is 2.25 bits per heavy atom. The number of hydrogen-bond donors (Lipinski definition) is 1. The Morgan fingerprint density at radius 1 is 0.875 bits per heavy atom. The Hall–Kier alpha value is -4.83. The first-order valence-electron chi connectivity index (χ1n) is 12.4. The Bertz CT molecular complexity index is 1780. The summed E-state index contributed by atoms with van der Waals surface area (Å²) in [5.74, 6) is 2.02. The molecule has 1 N–H and O–H groups in total. The van der Waals surface area contributed by atoms with Crippen molar-refractivity contribution in [1.29, 1.82) is 0 Å². The van der Waals surface area contributed by atoms with Crippen molar-refractivity contribution in [2.24, 2.45) is 0 Å². The quantitative estimate of drug-likeness (QED) is 0.248. The molecule has 2 aromatic heterocycles. The van der Waals surface area contributed by atoms with Crippen molar-refractivity contribution in [2.75, 3.05) is 33.8 Å². The number of methoxy groups -OCH3 is 4. The summed E-state index contributed by atoms with van der Waals surface area (Å²) in [5.41, 5.74) is 6.26. The molecule has 5 aromatic rings. The molecule has 0 saturated heterocycles. The van der Waals surface area contributed by atoms with Crippen molar-refractivity contribution in [3.63, 3.8) is 0 Å². The predicted molar refractivity (Wildman–Crippen MR) is 156 cm³/mol. The van der Waals surface area contributed by atoms with Gasteiger partial charge in [-0.1, -0.05) is 41.2 Å². The molecule has 0 bridgehead atoms. The van der Waals surface area contributed by atoms with E-state index < -0.39 is 0 Å². The van der Waals surface area contributed by atoms with E-state index in [2.05, 4.69) is 5.32 Å². The highest BCUT2D eigenvalue weighted by molar-refractivity contribution is 7.19. The molecule has 1 aliphatic heterocycles. The number of aromatic nitrogens is 3. The Kier molecular flexibility index (Phi) is 6.39. The molecule has 0 atom stereocenters. The van der Waals surface area contributed by atoms with Crippen molar-refractivity contribution in [2.45, 2.75) is 6.92 Å². The largest absolute Gasteiger partial charge is 0.497 e. The molecule has 3 heterocycles. The van der Waals surface area contributed by atoms with Gasteiger partial charge in [0.15, 0.2) is 11.5 Å². The molecule has 40 heavy (non-hydrogen) atoms. The molecular weight excluding hydrogens is 528 g/mol. The van der Waals surface area contributed by atoms with Crippen LogP contribution in [0.2, 0.25) is 0 Å². The highest BCUT2D eigenvalue weighted by Crippen LogP contribution is 2.43. The molecule has 202 valence electrons. The predicted octanol–water partition coefficient (Wildman–Crippen LogP) is 5.96. The number of nitrogens with one attached hydrogen (secondary N) is 1. The van der Waals surface area contributed by atoms with Crippen LogP contribution in [0, 0.1) is 6.92 Å². The maximum Gasteiger partial charge on any atom is 0.256 e. The second-order valence-electron chi connectivity index (χ2n) is 9.15. The van der Waals surface area contributed by atoms with Gasteiger partial charge in [-0.15, -0.1) is 0 Å². The van der Waals surface area contributed by atoms with E-state index in [-0.39, 0.29) is 5.91 Å². The lowest BCUT2D eigenvalue weighted by Crippen LogP contribution is -2.04. The van der Waals surface area contributed by atoms with Crippen molar-refractivity contribution >= 4 is 39.5 Å². The van der Waals surface area contributed by atoms with Gasteiger partial charge in [0.1, 0.15) is 10.8 Å². The zero-order valence-corrected chi connectivity index (χ0v) is 23.4. The number of hydrogen-bond acceptors (Lipinski definition) is 8. The lowest BCUT2D eigenvalue weighted by atomic mass is 10.0. The van der Waals surface area contributed by atoms with Gasteiger partial charge in [0.25, 0.3) is 5.91 Å². The van der Waals surface area contributed by atoms with Gasteiger partial charge in [-0.2, -0.15) is 5.10 Å². The van der Waals surface area contributed by atoms with Gasteiger partial charge in [-0.05, 0) is 43.3 Å². The lowest BCUT2D eigenvalue weighted by Gasteiger charge is -2.13. The van der Waals surface area contributed by atoms with Crippen LogP contribution in [0.3, 0.4) is 0 Å². The van der Waals surface area contributed by atoms with Crippen LogP contribution in [-0.2, 0) is 4.79 Å². The molecule has 6 rings (SSSR count). The van der Waals surface area contributed by atoms with Crippen LogP contribution in [0.25, 0.3) is 38.4 Å². The summed E-state index contributed by atoms with van der Waals surface area (Å²) >= 11 is 1.42. The van der Waals surface area contributed by atoms with E-state index >= 15 is 0 Å². The number of amides is 1. The number of fused-ring (bicyclic) bond motifs is 2. The average Bonchev–Trinajstić information content (AvgIpc) is 3.63. The molecule has 3 aromatic carbocycles. The molecule has 1 aliphatic rings. The number of anilines is 1. The summed E-state index contributed by atoms with van der Waals surface area (Å²) < 4.78 is 23.8. The van der Waals surface area contributed by atoms with E-state index in [1.165, 1.54) is 11.3 Å². The summed E-state index contributed by atoms with van der Waals surface area (Å²) in [7, 11) is 6.32. The van der Waals surface area contributed by atoms with E-state index in [0.29, 0.717) is 44.2 Å². The minimum absolute atomic E-state index is 0.201. The molecule has 0 aliphatic carbocycles. The van der Waals surface area contributed by atoms with Crippen LogP contribution in [0.4, 0.5) is 5.69 Å². The molecular formula is C30H26N4O5S. The van der Waals surface area contributed by atoms with E-state index in [9.17, 15) is 4.79 Å². The van der Waals surface area contributed by atoms with Crippen LogP contribution in [-0.4, -0.2) is 48.9 Å². The normalized spacial score (nSPS) is 13.4. The smallest absolute Gasteiger partial charge is 0.256 e. The third kappa shape index (κ3) is 4.22. The fraction of sp³-hybridized carbons (Fsp3) is 0.167. The maximum absolute atomic E-state index is 13.1. The SMILES string of the molecule is COc1ccc2c(c1)/C(=C\c1c(-c3ccc(C)cc3)nc3sc(-c4cc(OC)c(OC)c(OC)c4)nn13)C(=O)N2. The van der Waals surface area contributed by atoms with Crippen molar-refractivity contribution < 1.29 is 23.7 Å². The van der Waals surface area contributed by atoms with Gasteiger partial charge in [0.2, 0.25) is 10.7 Å². The molecule has 0 spiro atoms. The minimum Gasteiger partial charge on any atom is -0.497 e. The standard InChI is InChI=1S/C30H26N4O5S/c1-16-6-8-17(9-7-16)26-23(15-21-20-14-19(36-2)10-11-22(20)31-28(21)35)34-30(32-26)40-29(33-34)18-12-24(37-3)27(39-5)25(13-18)38-4/h6-15H,1-5H3,(H,31,35)/b21-15+. The van der Waals surface area contributed by atoms with Gasteiger partial charge < -0.3 is 24.3 Å². The number of rotatable bonds is 7. The number of imidazole rings is 1. The second-order valence-corrected chi connectivity index (χ2v) is 10.1. The molecule has 0 saturated carbocycles. The molecule has 1 amide bonds. The third-order valence-electron chi connectivity index (χ3n) is 6.77. The highest BCUT2D eigenvalue weighted by atomic mass is 32.1. The van der Waals surface area contributed by atoms with E-state index in [1.54, 1.807) is 33.0 Å². The van der Waals surface area contributed by atoms with Crippen LogP contribution in [0.1, 0.15) is 16.8 Å². The minimum atomic E-state index is -0.201. The number of aryl methyl sites for hydroxylation is 1. The van der Waals surface area contributed by atoms with Crippen molar-refractivity contribution in [3.05, 3.63) is 71.4 Å². The number of nitrogens with zero attached hydrogens (tertiary/aromatic N) is 3. The zero-order chi connectivity index (χ0) is 28.0. The Balaban J connectivity index is 1.56. The topological polar surface area (TPSA) is 96.2 Å². The molecule has 0 radical (unpaired) electrons. The number of carbonyl (C=O) groups excluding carboxylic acids is 1. The van der Waals surface area contributed by atoms with E-state index in [0.717, 1.165) is 33.6 Å². The first kappa shape index (κ1) is 25.4. The Labute approximate surface area is 234 Å². The van der Waals surface area contributed by atoms with Gasteiger partial charge in [-0.3, -0.25) is 4.79 Å². The second kappa shape index (κ2) is 10.0. The molecule has 9 nitrogen and oxygen atoms in total. The van der Waals surface area contributed by atoms with Crippen molar-refractivity contribution in [1.82, 2.24) is 14.6 Å². The van der Waals surface area contributed by atoms with Crippen LogP contribution in [0.15, 0.2) is 54.6 Å². The first-order valence-corrected chi connectivity index (χ1v) is 13.2. The van der Waals surface area contributed by atoms with Crippen LogP contribution in [0.5, 0.6) is 23.0 Å². The summed E-state index contributed by atoms with van der Waals surface area (Å²) in [6.45, 7) is 2.04. The lowest BCUT2D eigenvalue weighted by molar-refractivity contribution is -0.110. The summed E-state index contributed by atoms with van der Waals surface area (Å²) in [6, 6.07) is 17.3. The first-order chi connectivity index (χ1) is 19.4. The van der Waals surface area contributed by atoms with Gasteiger partial charge in [-0.25, -0.2) is 9.50 Å². The number of carbonyl (C=O) groups is 1. The van der Waals surface area contributed by atoms with E-state index in [1.807, 2.05) is 67.6 Å². The molecule has 0 unspecified atom stereocenters. The monoisotopic (exact) mass is 554 g/mol. The summed E-state index contributed by atoms with van der Waals surface area (Å²) in [6.07, 6.45) is 1.84. The zero-order valence-electron chi connectivity index (χ0n) is 22.6. The summed E-state index contributed by atoms with van der Waals surface area (Å²) in [5, 5.41) is 8.58. The van der Waals surface area contributed by atoms with Crippen LogP contribution < -0.4 is 24.3 Å². The Morgan fingerprint density at radius 2 is 1.60 bits per heavy atom. The molecule has 10 heteroatoms. The van der Waals surface area contributed by atoms with Crippen molar-refractivity contribution in [3.8, 4) is 44.8 Å². The summed E-state index contributed by atoms with van der Waals surface area (Å²) in [4.78, 5) is 18.7. The van der Waals surface area contributed by atoms with E-state index in [4.69, 9.17) is 29.0 Å². The fourth-order valence-electron chi connectivity index (χ4n) is 4.71. The van der Waals surface area contributed by atoms with Gasteiger partial charge in [0, 0.05) is 22.4 Å². The van der Waals surface area contributed by atoms with Gasteiger partial charge in [0.05, 0.1) is 45.4 Å². The van der Waals surface area contributed by atoms with Gasteiger partial charge >= 0.3 is 0 Å². The highest BCUT2D eigenvalue weighted by Gasteiger charge is 2.27.